The molecule has 1 aromatic carbocycles. The standard InChI is InChI=1S/C15H21F2N3O4S2/c1-10(2)13(14(16)17)18-24-15(21)19-25-20(4)9-26(22,23)12-7-5-11(3)6-8-12/h5-8,10,14H,9H2,1-4H3,(H,19,21). The maximum atomic E-state index is 12.7. The van der Waals surface area contributed by atoms with Crippen LogP contribution >= 0.6 is 12.1 Å². The third-order valence-electron chi connectivity index (χ3n) is 3.07. The molecule has 0 heterocycles. The van der Waals surface area contributed by atoms with E-state index in [-0.39, 0.29) is 10.8 Å². The predicted molar refractivity (Wildman–Crippen MR) is 96.5 cm³/mol. The molecule has 0 radical (unpaired) electrons. The Bertz CT molecular complexity index is 728. The first kappa shape index (κ1) is 22.3. The normalized spacial score (nSPS) is 12.7. The number of rotatable bonds is 8. The van der Waals surface area contributed by atoms with E-state index in [9.17, 15) is 22.0 Å². The fourth-order valence-electron chi connectivity index (χ4n) is 1.71. The zero-order valence-corrected chi connectivity index (χ0v) is 16.4. The second-order valence-electron chi connectivity index (χ2n) is 5.73. The number of hydrogen-bond donors (Lipinski definition) is 1. The van der Waals surface area contributed by atoms with Gasteiger partial charge in [-0.05, 0) is 19.1 Å². The number of amides is 1. The van der Waals surface area contributed by atoms with Gasteiger partial charge in [0.05, 0.1) is 4.90 Å². The molecule has 0 bridgehead atoms. The molecule has 0 fully saturated rings. The summed E-state index contributed by atoms with van der Waals surface area (Å²) in [6, 6.07) is 6.36. The number of nitrogens with one attached hydrogen (secondary N) is 1. The van der Waals surface area contributed by atoms with Gasteiger partial charge in [0.1, 0.15) is 11.6 Å². The van der Waals surface area contributed by atoms with Crippen LogP contribution in [-0.2, 0) is 14.7 Å². The molecule has 0 saturated heterocycles. The molecular weight excluding hydrogens is 388 g/mol. The zero-order chi connectivity index (χ0) is 19.9. The molecule has 0 aromatic heterocycles. The lowest BCUT2D eigenvalue weighted by atomic mass is 10.1. The van der Waals surface area contributed by atoms with Gasteiger partial charge in [-0.25, -0.2) is 31.0 Å². The van der Waals surface area contributed by atoms with E-state index in [1.54, 1.807) is 12.1 Å². The van der Waals surface area contributed by atoms with Crippen molar-refractivity contribution in [2.24, 2.45) is 11.1 Å². The van der Waals surface area contributed by atoms with Gasteiger partial charge in [-0.3, -0.25) is 4.84 Å². The third kappa shape index (κ3) is 7.26. The maximum Gasteiger partial charge on any atom is 0.444 e. The molecule has 0 aliphatic carbocycles. The van der Waals surface area contributed by atoms with Crippen molar-refractivity contribution in [3.63, 3.8) is 0 Å². The Morgan fingerprint density at radius 3 is 2.38 bits per heavy atom. The maximum absolute atomic E-state index is 12.7. The van der Waals surface area contributed by atoms with E-state index in [1.165, 1.54) is 37.3 Å². The summed E-state index contributed by atoms with van der Waals surface area (Å²) in [6.45, 7) is 4.82. The number of aryl methyl sites for hydroxylation is 1. The van der Waals surface area contributed by atoms with Gasteiger partial charge in [0, 0.05) is 25.1 Å². The number of benzene rings is 1. The van der Waals surface area contributed by atoms with E-state index in [2.05, 4.69) is 14.7 Å². The van der Waals surface area contributed by atoms with Crippen molar-refractivity contribution >= 4 is 33.8 Å². The van der Waals surface area contributed by atoms with Crippen molar-refractivity contribution in [2.75, 3.05) is 12.9 Å². The molecular formula is C15H21F2N3O4S2. The van der Waals surface area contributed by atoms with Gasteiger partial charge in [-0.15, -0.1) is 0 Å². The van der Waals surface area contributed by atoms with E-state index < -0.39 is 34.0 Å². The first-order chi connectivity index (χ1) is 12.0. The van der Waals surface area contributed by atoms with Crippen molar-refractivity contribution in [2.45, 2.75) is 32.1 Å². The largest absolute Gasteiger partial charge is 0.444 e. The summed E-state index contributed by atoms with van der Waals surface area (Å²) >= 11 is 0.651. The topological polar surface area (TPSA) is 88.1 Å². The zero-order valence-electron chi connectivity index (χ0n) is 14.8. The SMILES string of the molecule is Cc1ccc(S(=O)(=O)CN(C)SNC(=O)ON=C(C(C)C)C(F)F)cc1. The Morgan fingerprint density at radius 2 is 1.88 bits per heavy atom. The van der Waals surface area contributed by atoms with E-state index in [0.717, 1.165) is 5.56 Å². The van der Waals surface area contributed by atoms with E-state index in [1.807, 2.05) is 6.92 Å². The van der Waals surface area contributed by atoms with Crippen LogP contribution in [0.5, 0.6) is 0 Å². The van der Waals surface area contributed by atoms with Crippen molar-refractivity contribution in [3.05, 3.63) is 29.8 Å². The van der Waals surface area contributed by atoms with Crippen molar-refractivity contribution in [1.29, 1.82) is 0 Å². The average molecular weight is 409 g/mol. The molecule has 1 aromatic rings. The third-order valence-corrected chi connectivity index (χ3v) is 5.65. The molecule has 0 aliphatic heterocycles. The highest BCUT2D eigenvalue weighted by Crippen LogP contribution is 2.15. The molecule has 146 valence electrons. The van der Waals surface area contributed by atoms with Gasteiger partial charge in [0.25, 0.3) is 6.43 Å². The minimum Gasteiger partial charge on any atom is -0.297 e. The molecule has 0 unspecified atom stereocenters. The van der Waals surface area contributed by atoms with Gasteiger partial charge >= 0.3 is 6.09 Å². The summed E-state index contributed by atoms with van der Waals surface area (Å²) < 4.78 is 53.3. The van der Waals surface area contributed by atoms with Crippen LogP contribution in [0.25, 0.3) is 0 Å². The first-order valence-corrected chi connectivity index (χ1v) is 9.96. The summed E-state index contributed by atoms with van der Waals surface area (Å²) in [5.74, 6) is -0.962. The van der Waals surface area contributed by atoms with Crippen LogP contribution in [0.4, 0.5) is 13.6 Å². The van der Waals surface area contributed by atoms with Gasteiger partial charge in [0.15, 0.2) is 9.84 Å². The lowest BCUT2D eigenvalue weighted by molar-refractivity contribution is 0.150. The smallest absolute Gasteiger partial charge is 0.297 e. The highest BCUT2D eigenvalue weighted by atomic mass is 32.2. The number of hydrogen-bond acceptors (Lipinski definition) is 7. The Morgan fingerprint density at radius 1 is 1.31 bits per heavy atom. The summed E-state index contributed by atoms with van der Waals surface area (Å²) in [6.07, 6.45) is -3.92. The van der Waals surface area contributed by atoms with Crippen molar-refractivity contribution in [1.82, 2.24) is 9.03 Å². The molecule has 7 nitrogen and oxygen atoms in total. The van der Waals surface area contributed by atoms with Crippen LogP contribution in [0.3, 0.4) is 0 Å². The van der Waals surface area contributed by atoms with Crippen molar-refractivity contribution in [3.8, 4) is 0 Å². The number of sulfone groups is 1. The highest BCUT2D eigenvalue weighted by Gasteiger charge is 2.20. The van der Waals surface area contributed by atoms with Crippen molar-refractivity contribution < 1.29 is 26.8 Å². The van der Waals surface area contributed by atoms with E-state index in [0.29, 0.717) is 12.1 Å². The summed E-state index contributed by atoms with van der Waals surface area (Å²) in [7, 11) is -2.14. The molecule has 0 atom stereocenters. The van der Waals surface area contributed by atoms with Gasteiger partial charge in [-0.2, -0.15) is 0 Å². The number of nitrogens with zero attached hydrogens (tertiary/aromatic N) is 2. The number of carbonyl (C=O) groups is 1. The van der Waals surface area contributed by atoms with Gasteiger partial charge < -0.3 is 0 Å². The number of alkyl halides is 2. The molecule has 11 heteroatoms. The van der Waals surface area contributed by atoms with Gasteiger partial charge in [0.2, 0.25) is 0 Å². The molecule has 1 N–H and O–H groups in total. The molecule has 26 heavy (non-hydrogen) atoms. The number of carbonyl (C=O) groups excluding carboxylic acids is 1. The Balaban J connectivity index is 2.55. The van der Waals surface area contributed by atoms with E-state index in [4.69, 9.17) is 0 Å². The predicted octanol–water partition coefficient (Wildman–Crippen LogP) is 3.22. The van der Waals surface area contributed by atoms with Crippen LogP contribution < -0.4 is 4.72 Å². The molecule has 1 rings (SSSR count). The Labute approximate surface area is 156 Å². The minimum atomic E-state index is -3.59. The van der Waals surface area contributed by atoms with Gasteiger partial charge in [-0.1, -0.05) is 36.7 Å². The monoisotopic (exact) mass is 409 g/mol. The number of halogens is 2. The second-order valence-corrected chi connectivity index (χ2v) is 8.70. The summed E-state index contributed by atoms with van der Waals surface area (Å²) in [5.41, 5.74) is 0.377. The van der Waals surface area contributed by atoms with Crippen LogP contribution in [0.15, 0.2) is 34.3 Å². The lowest BCUT2D eigenvalue weighted by Gasteiger charge is -2.15. The van der Waals surface area contributed by atoms with E-state index >= 15 is 0 Å². The van der Waals surface area contributed by atoms with Crippen LogP contribution in [0.2, 0.25) is 0 Å². The van der Waals surface area contributed by atoms with Crippen LogP contribution in [0.1, 0.15) is 19.4 Å². The van der Waals surface area contributed by atoms with Crippen LogP contribution in [-0.4, -0.2) is 43.9 Å². The molecule has 0 spiro atoms. The Kier molecular flexibility index (Phi) is 8.44. The fraction of sp³-hybridized carbons (Fsp3) is 0.467. The van der Waals surface area contributed by atoms with Crippen LogP contribution in [0, 0.1) is 12.8 Å². The molecule has 0 saturated carbocycles. The molecule has 1 amide bonds. The lowest BCUT2D eigenvalue weighted by Crippen LogP contribution is -2.27. The first-order valence-electron chi connectivity index (χ1n) is 7.53. The molecule has 0 aliphatic rings. The summed E-state index contributed by atoms with van der Waals surface area (Å²) in [4.78, 5) is 16.0. The quantitative estimate of drug-likeness (QED) is 0.307. The summed E-state index contributed by atoms with van der Waals surface area (Å²) in [5, 5.41) is 3.14. The Hall–Kier alpha value is -1.72. The highest BCUT2D eigenvalue weighted by molar-refractivity contribution is 7.97. The number of oxime groups is 1. The second kappa shape index (κ2) is 9.83. The minimum absolute atomic E-state index is 0.154. The fourth-order valence-corrected chi connectivity index (χ4v) is 3.78. The average Bonchev–Trinajstić information content (AvgIpc) is 2.52.